The molecule has 0 saturated carbocycles. The van der Waals surface area contributed by atoms with Gasteiger partial charge in [0.2, 0.25) is 0 Å². The van der Waals surface area contributed by atoms with E-state index in [1.807, 2.05) is 12.1 Å². The van der Waals surface area contributed by atoms with Gasteiger partial charge in [0.25, 0.3) is 0 Å². The third kappa shape index (κ3) is 4.55. The number of aromatic nitrogens is 2. The SMILES string of the molecule is [O-][NH+](O)C=C[N-]c1cnc2cc3ncc(N=CC[NH+]([O-])O)cc3cc2c1. The van der Waals surface area contributed by atoms with E-state index in [0.717, 1.165) is 28.0 Å². The lowest BCUT2D eigenvalue weighted by molar-refractivity contribution is -1.04. The molecule has 134 valence electrons. The number of pyridine rings is 2. The Morgan fingerprint density at radius 2 is 1.77 bits per heavy atom. The molecule has 0 aliphatic heterocycles. The highest BCUT2D eigenvalue weighted by Gasteiger charge is 2.01. The van der Waals surface area contributed by atoms with Gasteiger partial charge in [0, 0.05) is 11.6 Å². The second kappa shape index (κ2) is 7.93. The van der Waals surface area contributed by atoms with Crippen molar-refractivity contribution in [2.24, 2.45) is 4.99 Å². The zero-order chi connectivity index (χ0) is 18.5. The van der Waals surface area contributed by atoms with Gasteiger partial charge in [-0.15, -0.1) is 11.9 Å². The van der Waals surface area contributed by atoms with Crippen LogP contribution in [-0.2, 0) is 0 Å². The minimum atomic E-state index is -1.07. The van der Waals surface area contributed by atoms with Crippen LogP contribution in [0, 0.1) is 10.4 Å². The number of quaternary nitrogens is 2. The number of aliphatic imine (C=N–C) groups is 1. The summed E-state index contributed by atoms with van der Waals surface area (Å²) < 4.78 is 0. The van der Waals surface area contributed by atoms with E-state index >= 15 is 0 Å². The van der Waals surface area contributed by atoms with Gasteiger partial charge >= 0.3 is 0 Å². The highest BCUT2D eigenvalue weighted by Crippen LogP contribution is 2.27. The summed E-state index contributed by atoms with van der Waals surface area (Å²) in [5, 5.41) is 41.9. The average Bonchev–Trinajstić information content (AvgIpc) is 2.59. The van der Waals surface area contributed by atoms with E-state index in [1.54, 1.807) is 24.5 Å². The maximum Gasteiger partial charge on any atom is 0.142 e. The Morgan fingerprint density at radius 3 is 2.50 bits per heavy atom. The van der Waals surface area contributed by atoms with Crippen LogP contribution >= 0.6 is 0 Å². The number of nitrogens with zero attached hydrogens (tertiary/aromatic N) is 4. The van der Waals surface area contributed by atoms with Gasteiger partial charge in [-0.3, -0.25) is 15.0 Å². The summed E-state index contributed by atoms with van der Waals surface area (Å²) in [6.07, 6.45) is 6.57. The number of benzene rings is 1. The molecule has 0 spiro atoms. The Morgan fingerprint density at radius 1 is 1.04 bits per heavy atom. The maximum absolute atomic E-state index is 10.5. The lowest BCUT2D eigenvalue weighted by Crippen LogP contribution is -3.04. The Labute approximate surface area is 147 Å². The van der Waals surface area contributed by atoms with Gasteiger partial charge in [0.15, 0.2) is 0 Å². The van der Waals surface area contributed by atoms with Gasteiger partial charge in [0.1, 0.15) is 12.7 Å². The molecule has 0 saturated heterocycles. The summed E-state index contributed by atoms with van der Waals surface area (Å²) in [5.41, 5.74) is 2.54. The number of hydrogen-bond donors (Lipinski definition) is 4. The van der Waals surface area contributed by atoms with E-state index in [-0.39, 0.29) is 6.54 Å². The minimum Gasteiger partial charge on any atom is -0.659 e. The third-order valence-corrected chi connectivity index (χ3v) is 3.40. The van der Waals surface area contributed by atoms with E-state index < -0.39 is 10.5 Å². The van der Waals surface area contributed by atoms with Crippen molar-refractivity contribution in [2.45, 2.75) is 0 Å². The molecular formula is C16H15N6O4-. The first kappa shape index (κ1) is 17.8. The van der Waals surface area contributed by atoms with Crippen LogP contribution in [0.5, 0.6) is 0 Å². The van der Waals surface area contributed by atoms with Crippen molar-refractivity contribution in [2.75, 3.05) is 6.54 Å². The molecule has 0 radical (unpaired) electrons. The molecule has 0 aliphatic carbocycles. The Balaban J connectivity index is 1.91. The molecule has 2 unspecified atom stereocenters. The summed E-state index contributed by atoms with van der Waals surface area (Å²) in [7, 11) is 0. The fourth-order valence-electron chi connectivity index (χ4n) is 2.29. The number of hydrogen-bond acceptors (Lipinski definition) is 7. The molecule has 0 fully saturated rings. The first-order chi connectivity index (χ1) is 12.5. The molecule has 10 heteroatoms. The number of nitrogens with one attached hydrogen (secondary N) is 2. The van der Waals surface area contributed by atoms with Crippen molar-refractivity contribution >= 4 is 39.4 Å². The zero-order valence-electron chi connectivity index (χ0n) is 13.4. The molecule has 10 nitrogen and oxygen atoms in total. The number of rotatable bonds is 6. The van der Waals surface area contributed by atoms with E-state index in [2.05, 4.69) is 20.3 Å². The molecule has 26 heavy (non-hydrogen) atoms. The van der Waals surface area contributed by atoms with Crippen LogP contribution in [0.2, 0.25) is 0 Å². The molecule has 0 amide bonds. The Bertz CT molecular complexity index is 974. The second-order valence-corrected chi connectivity index (χ2v) is 5.32. The average molecular weight is 355 g/mol. The van der Waals surface area contributed by atoms with Crippen molar-refractivity contribution in [3.8, 4) is 0 Å². The zero-order valence-corrected chi connectivity index (χ0v) is 13.4. The molecule has 4 N–H and O–H groups in total. The van der Waals surface area contributed by atoms with Gasteiger partial charge in [-0.1, -0.05) is 6.07 Å². The predicted octanol–water partition coefficient (Wildman–Crippen LogP) is 0.506. The topological polar surface area (TPSA) is 148 Å². The molecule has 0 aliphatic rings. The van der Waals surface area contributed by atoms with E-state index in [4.69, 9.17) is 10.4 Å². The molecule has 2 aromatic heterocycles. The van der Waals surface area contributed by atoms with Crippen molar-refractivity contribution < 1.29 is 20.9 Å². The van der Waals surface area contributed by atoms with Gasteiger partial charge < -0.3 is 15.7 Å². The molecule has 2 atom stereocenters. The van der Waals surface area contributed by atoms with Crippen molar-refractivity contribution in [1.82, 2.24) is 9.97 Å². The molecule has 0 bridgehead atoms. The summed E-state index contributed by atoms with van der Waals surface area (Å²) >= 11 is 0. The highest BCUT2D eigenvalue weighted by atomic mass is 16.8. The first-order valence-electron chi connectivity index (χ1n) is 7.55. The lowest BCUT2D eigenvalue weighted by atomic mass is 10.1. The van der Waals surface area contributed by atoms with Crippen LogP contribution in [0.4, 0.5) is 11.4 Å². The normalized spacial score (nSPS) is 14.5. The largest absolute Gasteiger partial charge is 0.659 e. The van der Waals surface area contributed by atoms with E-state index in [0.29, 0.717) is 11.4 Å². The van der Waals surface area contributed by atoms with Crippen LogP contribution in [0.25, 0.3) is 27.1 Å². The fraction of sp³-hybridized carbons (Fsp3) is 0.0625. The first-order valence-corrected chi connectivity index (χ1v) is 7.55. The van der Waals surface area contributed by atoms with Gasteiger partial charge in [0.05, 0.1) is 29.1 Å². The summed E-state index contributed by atoms with van der Waals surface area (Å²) in [6, 6.07) is 7.29. The second-order valence-electron chi connectivity index (χ2n) is 5.32. The van der Waals surface area contributed by atoms with E-state index in [9.17, 15) is 10.4 Å². The smallest absolute Gasteiger partial charge is 0.142 e. The monoisotopic (exact) mass is 355 g/mol. The molecule has 3 rings (SSSR count). The summed E-state index contributed by atoms with van der Waals surface area (Å²) in [6.45, 7) is -0.158. The molecule has 3 aromatic rings. The molecular weight excluding hydrogens is 340 g/mol. The minimum absolute atomic E-state index is 0.158. The molecule has 2 heterocycles. The van der Waals surface area contributed by atoms with Crippen LogP contribution in [-0.4, -0.2) is 33.1 Å². The van der Waals surface area contributed by atoms with Crippen molar-refractivity contribution in [3.05, 3.63) is 64.8 Å². The lowest BCUT2D eigenvalue weighted by Gasteiger charge is -2.16. The summed E-state index contributed by atoms with van der Waals surface area (Å²) in [5.74, 6) is 0. The molecule has 1 aromatic carbocycles. The number of hydroxylamine groups is 4. The van der Waals surface area contributed by atoms with Crippen molar-refractivity contribution in [3.63, 3.8) is 0 Å². The number of fused-ring (bicyclic) bond motifs is 2. The third-order valence-electron chi connectivity index (χ3n) is 3.40. The van der Waals surface area contributed by atoms with Crippen LogP contribution in [0.3, 0.4) is 0 Å². The van der Waals surface area contributed by atoms with Crippen LogP contribution < -0.4 is 10.5 Å². The van der Waals surface area contributed by atoms with Gasteiger partial charge in [-0.2, -0.15) is 0 Å². The van der Waals surface area contributed by atoms with Crippen LogP contribution in [0.15, 0.2) is 54.1 Å². The standard InChI is InChI=1S/C16H15N6O4/c23-21(24)3-1-17-13-6-11-5-12-7-14(18-2-4-22(25)26)10-20-16(12)8-15(11)19-9-13/h1-3,5-10,21-23,25H,4H2/q-1. The fourth-order valence-corrected chi connectivity index (χ4v) is 2.29. The van der Waals surface area contributed by atoms with E-state index in [1.165, 1.54) is 12.4 Å². The maximum atomic E-state index is 10.5. The predicted molar refractivity (Wildman–Crippen MR) is 94.5 cm³/mol. The highest BCUT2D eigenvalue weighted by molar-refractivity contribution is 5.96. The van der Waals surface area contributed by atoms with Crippen molar-refractivity contribution in [1.29, 1.82) is 0 Å². The Hall–Kier alpha value is -2.99. The quantitative estimate of drug-likeness (QED) is 0.288. The van der Waals surface area contributed by atoms with Gasteiger partial charge in [-0.25, -0.2) is 20.9 Å². The Kier molecular flexibility index (Phi) is 5.43. The van der Waals surface area contributed by atoms with Gasteiger partial charge in [-0.05, 0) is 23.6 Å². The van der Waals surface area contributed by atoms with Crippen LogP contribution in [0.1, 0.15) is 0 Å². The summed E-state index contributed by atoms with van der Waals surface area (Å²) in [4.78, 5) is 12.7.